The maximum atomic E-state index is 13.0. The minimum atomic E-state index is -0.640. The Labute approximate surface area is 200 Å². The molecular formula is C23H26N2O6S2. The highest BCUT2D eigenvalue weighted by Gasteiger charge is 2.30. The Balaban J connectivity index is 1.89. The third-order valence-corrected chi connectivity index (χ3v) is 7.24. The molecule has 1 aromatic heterocycles. The van der Waals surface area contributed by atoms with Gasteiger partial charge in [0.2, 0.25) is 11.8 Å². The lowest BCUT2D eigenvalue weighted by Gasteiger charge is -2.22. The molecule has 1 atom stereocenters. The van der Waals surface area contributed by atoms with Gasteiger partial charge in [0.15, 0.2) is 0 Å². The molecule has 0 saturated carbocycles. The first kappa shape index (κ1) is 24.8. The summed E-state index contributed by atoms with van der Waals surface area (Å²) in [5.41, 5.74) is 1.17. The molecule has 0 radical (unpaired) electrons. The lowest BCUT2D eigenvalue weighted by molar-refractivity contribution is -0.121. The SMILES string of the molecule is CCOC(=O)c1sc(NC(=O)CN2C(=O)CC(C)Sc3ccccc32)c(C(=O)OCC)c1C. The van der Waals surface area contributed by atoms with E-state index < -0.39 is 17.8 Å². The highest BCUT2D eigenvalue weighted by atomic mass is 32.2. The second-order valence-electron chi connectivity index (χ2n) is 7.33. The molecule has 1 N–H and O–H groups in total. The molecule has 0 bridgehead atoms. The summed E-state index contributed by atoms with van der Waals surface area (Å²) in [4.78, 5) is 53.4. The molecule has 8 nitrogen and oxygen atoms in total. The van der Waals surface area contributed by atoms with E-state index in [4.69, 9.17) is 9.47 Å². The van der Waals surface area contributed by atoms with Crippen LogP contribution in [0.4, 0.5) is 10.7 Å². The number of thioether (sulfide) groups is 1. The number of esters is 2. The normalized spacial score (nSPS) is 15.5. The Morgan fingerprint density at radius 1 is 1.12 bits per heavy atom. The highest BCUT2D eigenvalue weighted by molar-refractivity contribution is 8.00. The smallest absolute Gasteiger partial charge is 0.348 e. The van der Waals surface area contributed by atoms with Gasteiger partial charge >= 0.3 is 11.9 Å². The van der Waals surface area contributed by atoms with Gasteiger partial charge in [-0.25, -0.2) is 9.59 Å². The Bertz CT molecular complexity index is 1080. The number of benzene rings is 1. The first-order valence-electron chi connectivity index (χ1n) is 10.6. The van der Waals surface area contributed by atoms with Gasteiger partial charge < -0.3 is 19.7 Å². The molecule has 1 aromatic carbocycles. The second-order valence-corrected chi connectivity index (χ2v) is 9.83. The predicted molar refractivity (Wildman–Crippen MR) is 128 cm³/mol. The maximum Gasteiger partial charge on any atom is 0.348 e. The van der Waals surface area contributed by atoms with E-state index in [0.717, 1.165) is 16.2 Å². The molecule has 176 valence electrons. The van der Waals surface area contributed by atoms with Crippen molar-refractivity contribution in [3.8, 4) is 0 Å². The summed E-state index contributed by atoms with van der Waals surface area (Å²) in [5, 5.41) is 2.98. The van der Waals surface area contributed by atoms with Gasteiger partial charge in [0.05, 0.1) is 24.5 Å². The van der Waals surface area contributed by atoms with Crippen molar-refractivity contribution < 1.29 is 28.7 Å². The van der Waals surface area contributed by atoms with Crippen molar-refractivity contribution in [3.05, 3.63) is 40.3 Å². The molecule has 10 heteroatoms. The van der Waals surface area contributed by atoms with Crippen molar-refractivity contribution >= 4 is 57.5 Å². The van der Waals surface area contributed by atoms with E-state index in [1.54, 1.807) is 32.5 Å². The Kier molecular flexibility index (Phi) is 8.15. The van der Waals surface area contributed by atoms with Gasteiger partial charge in [-0.05, 0) is 38.5 Å². The number of hydrogen-bond donors (Lipinski definition) is 1. The maximum absolute atomic E-state index is 13.0. The molecular weight excluding hydrogens is 464 g/mol. The number of ether oxygens (including phenoxy) is 2. The average Bonchev–Trinajstić information content (AvgIpc) is 3.02. The van der Waals surface area contributed by atoms with Crippen molar-refractivity contribution in [1.29, 1.82) is 0 Å². The number of para-hydroxylation sites is 1. The number of carbonyl (C=O) groups is 4. The Morgan fingerprint density at radius 2 is 1.79 bits per heavy atom. The standard InChI is InChI=1S/C23H26N2O6S2/c1-5-30-22(28)19-14(4)20(23(29)31-6-2)33-21(19)24-17(26)12-25-15-9-7-8-10-16(15)32-13(3)11-18(25)27/h7-10,13H,5-6,11-12H2,1-4H3,(H,24,26). The minimum absolute atomic E-state index is 0.0780. The molecule has 0 aliphatic carbocycles. The molecule has 33 heavy (non-hydrogen) atoms. The van der Waals surface area contributed by atoms with Crippen LogP contribution in [0.5, 0.6) is 0 Å². The Hall–Kier alpha value is -2.85. The largest absolute Gasteiger partial charge is 0.462 e. The van der Waals surface area contributed by atoms with Crippen LogP contribution in [0.2, 0.25) is 0 Å². The lowest BCUT2D eigenvalue weighted by Crippen LogP contribution is -2.38. The summed E-state index contributed by atoms with van der Waals surface area (Å²) in [7, 11) is 0. The number of hydrogen-bond acceptors (Lipinski definition) is 8. The predicted octanol–water partition coefficient (Wildman–Crippen LogP) is 4.27. The summed E-state index contributed by atoms with van der Waals surface area (Å²) in [5.74, 6) is -1.86. The molecule has 0 fully saturated rings. The summed E-state index contributed by atoms with van der Waals surface area (Å²) < 4.78 is 10.2. The molecule has 1 aliphatic rings. The first-order chi connectivity index (χ1) is 15.8. The zero-order chi connectivity index (χ0) is 24.1. The third kappa shape index (κ3) is 5.56. The number of nitrogens with one attached hydrogen (secondary N) is 1. The molecule has 1 unspecified atom stereocenters. The lowest BCUT2D eigenvalue weighted by atomic mass is 10.1. The summed E-state index contributed by atoms with van der Waals surface area (Å²) in [6.45, 7) is 7.04. The van der Waals surface area contributed by atoms with Crippen LogP contribution in [0.25, 0.3) is 0 Å². The summed E-state index contributed by atoms with van der Waals surface area (Å²) >= 11 is 2.55. The van der Waals surface area contributed by atoms with Crippen molar-refractivity contribution in [2.24, 2.45) is 0 Å². The fourth-order valence-corrected chi connectivity index (χ4v) is 5.67. The van der Waals surface area contributed by atoms with E-state index in [2.05, 4.69) is 5.32 Å². The average molecular weight is 491 g/mol. The van der Waals surface area contributed by atoms with Crippen LogP contribution in [0.1, 0.15) is 52.8 Å². The zero-order valence-electron chi connectivity index (χ0n) is 18.9. The van der Waals surface area contributed by atoms with E-state index in [0.29, 0.717) is 17.7 Å². The van der Waals surface area contributed by atoms with Gasteiger partial charge in [0.25, 0.3) is 0 Å². The van der Waals surface area contributed by atoms with E-state index >= 15 is 0 Å². The third-order valence-electron chi connectivity index (χ3n) is 4.89. The van der Waals surface area contributed by atoms with Crippen LogP contribution >= 0.6 is 23.1 Å². The van der Waals surface area contributed by atoms with Crippen molar-refractivity contribution in [1.82, 2.24) is 0 Å². The van der Waals surface area contributed by atoms with Crippen LogP contribution in [0, 0.1) is 6.92 Å². The molecule has 2 heterocycles. The van der Waals surface area contributed by atoms with Gasteiger partial charge in [-0.15, -0.1) is 23.1 Å². The fraction of sp³-hybridized carbons (Fsp3) is 0.391. The number of fused-ring (bicyclic) bond motifs is 1. The summed E-state index contributed by atoms with van der Waals surface area (Å²) in [6.07, 6.45) is 0.297. The van der Waals surface area contributed by atoms with Crippen LogP contribution < -0.4 is 10.2 Å². The molecule has 3 rings (SSSR count). The van der Waals surface area contributed by atoms with Crippen LogP contribution in [-0.4, -0.2) is 48.8 Å². The van der Waals surface area contributed by atoms with Crippen molar-refractivity contribution in [2.75, 3.05) is 30.0 Å². The number of carbonyl (C=O) groups excluding carboxylic acids is 4. The quantitative estimate of drug-likeness (QED) is 0.579. The topological polar surface area (TPSA) is 102 Å². The first-order valence-corrected chi connectivity index (χ1v) is 12.3. The zero-order valence-corrected chi connectivity index (χ0v) is 20.6. The number of nitrogens with zero attached hydrogens (tertiary/aromatic N) is 1. The Morgan fingerprint density at radius 3 is 2.48 bits per heavy atom. The number of thiophene rings is 1. The molecule has 0 spiro atoms. The van der Waals surface area contributed by atoms with Gasteiger partial charge in [-0.3, -0.25) is 9.59 Å². The number of amides is 2. The highest BCUT2D eigenvalue weighted by Crippen LogP contribution is 2.38. The van der Waals surface area contributed by atoms with Gasteiger partial charge in [-0.2, -0.15) is 0 Å². The monoisotopic (exact) mass is 490 g/mol. The van der Waals surface area contributed by atoms with Crippen LogP contribution in [0.15, 0.2) is 29.2 Å². The van der Waals surface area contributed by atoms with E-state index in [1.807, 2.05) is 31.2 Å². The minimum Gasteiger partial charge on any atom is -0.462 e. The van der Waals surface area contributed by atoms with Gasteiger partial charge in [-0.1, -0.05) is 19.1 Å². The fourth-order valence-electron chi connectivity index (χ4n) is 3.45. The molecule has 2 aromatic rings. The summed E-state index contributed by atoms with van der Waals surface area (Å²) in [6, 6.07) is 7.45. The molecule has 0 saturated heterocycles. The molecule has 2 amide bonds. The number of rotatable bonds is 7. The molecule has 1 aliphatic heterocycles. The van der Waals surface area contributed by atoms with Crippen LogP contribution in [0.3, 0.4) is 0 Å². The number of anilines is 2. The van der Waals surface area contributed by atoms with Crippen LogP contribution in [-0.2, 0) is 19.1 Å². The second kappa shape index (κ2) is 10.8. The van der Waals surface area contributed by atoms with E-state index in [1.165, 1.54) is 4.90 Å². The van der Waals surface area contributed by atoms with E-state index in [9.17, 15) is 19.2 Å². The van der Waals surface area contributed by atoms with Gasteiger partial charge in [0, 0.05) is 16.6 Å². The van der Waals surface area contributed by atoms with Gasteiger partial charge in [0.1, 0.15) is 16.4 Å². The van der Waals surface area contributed by atoms with Crippen molar-refractivity contribution in [3.63, 3.8) is 0 Å². The van der Waals surface area contributed by atoms with Crippen molar-refractivity contribution in [2.45, 2.75) is 44.3 Å². The van der Waals surface area contributed by atoms with E-state index in [-0.39, 0.29) is 46.4 Å².